The van der Waals surface area contributed by atoms with Crippen LogP contribution in [0.15, 0.2) is 59.7 Å². The third kappa shape index (κ3) is 5.08. The Morgan fingerprint density at radius 1 is 1.11 bits per heavy atom. The van der Waals surface area contributed by atoms with Gasteiger partial charge < -0.3 is 9.84 Å². The van der Waals surface area contributed by atoms with Crippen LogP contribution < -0.4 is 10.3 Å². The molecule has 0 saturated carbocycles. The Morgan fingerprint density at radius 2 is 1.89 bits per heavy atom. The van der Waals surface area contributed by atoms with E-state index in [-0.39, 0.29) is 23.1 Å². The van der Waals surface area contributed by atoms with Gasteiger partial charge in [-0.15, -0.1) is 0 Å². The standard InChI is InChI=1S/C26H24ClFN4O3/c1-15-13-30-19(18-8-5-9-23(31-18)26(3,4)34)12-21(15)32-16(2)11-22(24(27)25(32)33)35-14-20-17(28)7-6-10-29-20/h5-13,34H,14H2,1-4H3. The van der Waals surface area contributed by atoms with Crippen LogP contribution in [0.5, 0.6) is 5.75 Å². The number of halogens is 2. The number of rotatable bonds is 6. The Bertz CT molecular complexity index is 1460. The molecule has 0 aliphatic heterocycles. The number of pyridine rings is 4. The zero-order valence-corrected chi connectivity index (χ0v) is 20.5. The first-order valence-electron chi connectivity index (χ1n) is 10.9. The van der Waals surface area contributed by atoms with Gasteiger partial charge in [0.15, 0.2) is 0 Å². The molecule has 180 valence electrons. The van der Waals surface area contributed by atoms with E-state index in [1.807, 2.05) is 6.92 Å². The molecule has 0 aliphatic carbocycles. The van der Waals surface area contributed by atoms with E-state index in [1.165, 1.54) is 22.9 Å². The lowest BCUT2D eigenvalue weighted by Crippen LogP contribution is -2.23. The first-order valence-corrected chi connectivity index (χ1v) is 11.3. The molecule has 7 nitrogen and oxygen atoms in total. The lowest BCUT2D eigenvalue weighted by molar-refractivity contribution is 0.0740. The van der Waals surface area contributed by atoms with Crippen LogP contribution in [0, 0.1) is 19.7 Å². The zero-order valence-electron chi connectivity index (χ0n) is 19.7. The number of nitrogens with zero attached hydrogens (tertiary/aromatic N) is 4. The highest BCUT2D eigenvalue weighted by Gasteiger charge is 2.20. The van der Waals surface area contributed by atoms with Gasteiger partial charge in [-0.3, -0.25) is 19.3 Å². The molecular formula is C26H24ClFN4O3. The molecule has 0 aromatic carbocycles. The van der Waals surface area contributed by atoms with Gasteiger partial charge in [0.25, 0.3) is 5.56 Å². The summed E-state index contributed by atoms with van der Waals surface area (Å²) >= 11 is 6.38. The van der Waals surface area contributed by atoms with Gasteiger partial charge in [0.05, 0.1) is 22.8 Å². The summed E-state index contributed by atoms with van der Waals surface area (Å²) < 4.78 is 21.0. The summed E-state index contributed by atoms with van der Waals surface area (Å²) in [6, 6.07) is 11.5. The maximum absolute atomic E-state index is 13.9. The van der Waals surface area contributed by atoms with E-state index in [1.54, 1.807) is 57.3 Å². The highest BCUT2D eigenvalue weighted by atomic mass is 35.5. The van der Waals surface area contributed by atoms with Crippen LogP contribution in [0.4, 0.5) is 4.39 Å². The van der Waals surface area contributed by atoms with Crippen LogP contribution in [-0.4, -0.2) is 24.6 Å². The number of aromatic nitrogens is 4. The van der Waals surface area contributed by atoms with E-state index in [2.05, 4.69) is 15.0 Å². The van der Waals surface area contributed by atoms with Crippen LogP contribution in [-0.2, 0) is 12.2 Å². The number of aryl methyl sites for hydroxylation is 2. The summed E-state index contributed by atoms with van der Waals surface area (Å²) in [7, 11) is 0. The molecule has 0 aliphatic rings. The van der Waals surface area contributed by atoms with Crippen molar-refractivity contribution in [1.82, 2.24) is 19.5 Å². The van der Waals surface area contributed by atoms with Crippen molar-refractivity contribution in [1.29, 1.82) is 0 Å². The number of hydrogen-bond donors (Lipinski definition) is 1. The fourth-order valence-corrected chi connectivity index (χ4v) is 3.76. The van der Waals surface area contributed by atoms with Crippen molar-refractivity contribution in [2.24, 2.45) is 0 Å². The van der Waals surface area contributed by atoms with Crippen LogP contribution in [0.2, 0.25) is 5.02 Å². The van der Waals surface area contributed by atoms with E-state index in [9.17, 15) is 14.3 Å². The van der Waals surface area contributed by atoms with Gasteiger partial charge in [-0.05, 0) is 63.6 Å². The molecule has 0 bridgehead atoms. The lowest BCUT2D eigenvalue weighted by atomic mass is 10.0. The van der Waals surface area contributed by atoms with E-state index in [0.717, 1.165) is 5.56 Å². The predicted octanol–water partition coefficient (Wildman–Crippen LogP) is 4.91. The van der Waals surface area contributed by atoms with Crippen LogP contribution >= 0.6 is 11.6 Å². The van der Waals surface area contributed by atoms with Crippen molar-refractivity contribution in [3.8, 4) is 22.8 Å². The second-order valence-corrected chi connectivity index (χ2v) is 9.03. The summed E-state index contributed by atoms with van der Waals surface area (Å²) in [5.41, 5.74) is 2.00. The average Bonchev–Trinajstić information content (AvgIpc) is 2.82. The van der Waals surface area contributed by atoms with Crippen LogP contribution in [0.25, 0.3) is 17.1 Å². The largest absolute Gasteiger partial charge is 0.485 e. The molecule has 0 amide bonds. The van der Waals surface area contributed by atoms with E-state index < -0.39 is 17.0 Å². The maximum atomic E-state index is 13.9. The van der Waals surface area contributed by atoms with Crippen molar-refractivity contribution in [3.63, 3.8) is 0 Å². The maximum Gasteiger partial charge on any atom is 0.277 e. The second-order valence-electron chi connectivity index (χ2n) is 8.65. The Morgan fingerprint density at radius 3 is 2.60 bits per heavy atom. The van der Waals surface area contributed by atoms with Gasteiger partial charge in [-0.25, -0.2) is 9.37 Å². The van der Waals surface area contributed by atoms with E-state index in [4.69, 9.17) is 16.3 Å². The fourth-order valence-electron chi connectivity index (χ4n) is 3.57. The minimum absolute atomic E-state index is 0.112. The molecule has 0 atom stereocenters. The Kier molecular flexibility index (Phi) is 6.69. The van der Waals surface area contributed by atoms with Gasteiger partial charge in [0.2, 0.25) is 0 Å². The first kappa shape index (κ1) is 24.5. The molecule has 9 heteroatoms. The van der Waals surface area contributed by atoms with Crippen LogP contribution in [0.1, 0.15) is 36.5 Å². The third-order valence-electron chi connectivity index (χ3n) is 5.45. The normalized spacial score (nSPS) is 11.5. The number of aliphatic hydroxyl groups is 1. The summed E-state index contributed by atoms with van der Waals surface area (Å²) in [5.74, 6) is -0.363. The molecule has 4 heterocycles. The molecule has 0 unspecified atom stereocenters. The second kappa shape index (κ2) is 9.56. The summed E-state index contributed by atoms with van der Waals surface area (Å²) in [6.07, 6.45) is 3.11. The molecule has 4 aromatic heterocycles. The van der Waals surface area contributed by atoms with Gasteiger partial charge in [-0.1, -0.05) is 17.7 Å². The Balaban J connectivity index is 1.73. The monoisotopic (exact) mass is 494 g/mol. The number of ether oxygens (including phenoxy) is 1. The fraction of sp³-hybridized carbons (Fsp3) is 0.231. The van der Waals surface area contributed by atoms with Crippen molar-refractivity contribution in [2.45, 2.75) is 39.9 Å². The average molecular weight is 495 g/mol. The topological polar surface area (TPSA) is 90.1 Å². The predicted molar refractivity (Wildman–Crippen MR) is 131 cm³/mol. The minimum Gasteiger partial charge on any atom is -0.485 e. The highest BCUT2D eigenvalue weighted by Crippen LogP contribution is 2.28. The molecule has 1 N–H and O–H groups in total. The molecule has 4 rings (SSSR count). The molecular weight excluding hydrogens is 471 g/mol. The zero-order chi connectivity index (χ0) is 25.3. The molecule has 0 fully saturated rings. The van der Waals surface area contributed by atoms with E-state index >= 15 is 0 Å². The molecule has 4 aromatic rings. The van der Waals surface area contributed by atoms with Crippen molar-refractivity contribution in [2.75, 3.05) is 0 Å². The van der Waals surface area contributed by atoms with Gasteiger partial charge >= 0.3 is 0 Å². The van der Waals surface area contributed by atoms with Crippen molar-refractivity contribution < 1.29 is 14.2 Å². The molecule has 35 heavy (non-hydrogen) atoms. The highest BCUT2D eigenvalue weighted by molar-refractivity contribution is 6.31. The van der Waals surface area contributed by atoms with Gasteiger partial charge in [0.1, 0.15) is 34.5 Å². The summed E-state index contributed by atoms with van der Waals surface area (Å²) in [4.78, 5) is 26.2. The third-order valence-corrected chi connectivity index (χ3v) is 5.80. The Labute approximate surface area is 206 Å². The van der Waals surface area contributed by atoms with Gasteiger partial charge in [0, 0.05) is 24.2 Å². The SMILES string of the molecule is Cc1cnc(-c2cccc(C(C)(C)O)n2)cc1-n1c(C)cc(OCc2ncccc2F)c(Cl)c1=O. The van der Waals surface area contributed by atoms with E-state index in [0.29, 0.717) is 28.5 Å². The van der Waals surface area contributed by atoms with Crippen molar-refractivity contribution in [3.05, 3.63) is 98.7 Å². The first-order chi connectivity index (χ1) is 16.6. The smallest absolute Gasteiger partial charge is 0.277 e. The number of hydrogen-bond acceptors (Lipinski definition) is 6. The quantitative estimate of drug-likeness (QED) is 0.410. The summed E-state index contributed by atoms with van der Waals surface area (Å²) in [6.45, 7) is 6.73. The molecule has 0 spiro atoms. The van der Waals surface area contributed by atoms with Crippen molar-refractivity contribution >= 4 is 11.6 Å². The van der Waals surface area contributed by atoms with Crippen LogP contribution in [0.3, 0.4) is 0 Å². The minimum atomic E-state index is -1.11. The summed E-state index contributed by atoms with van der Waals surface area (Å²) in [5, 5.41) is 10.2. The molecule has 0 radical (unpaired) electrons. The molecule has 0 saturated heterocycles. The van der Waals surface area contributed by atoms with Gasteiger partial charge in [-0.2, -0.15) is 0 Å². The lowest BCUT2D eigenvalue weighted by Gasteiger charge is -2.18. The Hall–Kier alpha value is -3.62.